The summed E-state index contributed by atoms with van der Waals surface area (Å²) in [4.78, 5) is 4.29. The normalized spacial score (nSPS) is 10.6. The summed E-state index contributed by atoms with van der Waals surface area (Å²) in [5.41, 5.74) is 9.40. The molecule has 0 amide bonds. The van der Waals surface area contributed by atoms with Gasteiger partial charge in [0.2, 0.25) is 0 Å². The van der Waals surface area contributed by atoms with Gasteiger partial charge in [-0.25, -0.2) is 4.98 Å². The van der Waals surface area contributed by atoms with E-state index in [0.29, 0.717) is 5.95 Å². The van der Waals surface area contributed by atoms with Crippen LogP contribution in [0.3, 0.4) is 0 Å². The second-order valence-electron chi connectivity index (χ2n) is 4.19. The van der Waals surface area contributed by atoms with Crippen molar-refractivity contribution in [3.8, 4) is 0 Å². The van der Waals surface area contributed by atoms with Gasteiger partial charge >= 0.3 is 0 Å². The molecule has 0 unspecified atom stereocenters. The van der Waals surface area contributed by atoms with Crippen LogP contribution in [0.1, 0.15) is 16.8 Å². The fourth-order valence-corrected chi connectivity index (χ4v) is 1.81. The van der Waals surface area contributed by atoms with Crippen molar-refractivity contribution < 1.29 is 0 Å². The van der Waals surface area contributed by atoms with Crippen LogP contribution in [0.4, 0.5) is 5.95 Å². The van der Waals surface area contributed by atoms with Gasteiger partial charge in [-0.3, -0.25) is 0 Å². The average Bonchev–Trinajstić information content (AvgIpc) is 2.56. The third-order valence-corrected chi connectivity index (χ3v) is 2.71. The molecule has 0 fully saturated rings. The molecule has 0 aliphatic carbocycles. The van der Waals surface area contributed by atoms with E-state index in [0.717, 1.165) is 18.5 Å². The van der Waals surface area contributed by atoms with Crippen LogP contribution in [0, 0.1) is 6.92 Å². The number of anilines is 1. The van der Waals surface area contributed by atoms with E-state index in [4.69, 9.17) is 5.73 Å². The molecule has 0 aliphatic rings. The van der Waals surface area contributed by atoms with Crippen molar-refractivity contribution in [1.29, 1.82) is 0 Å². The first kappa shape index (κ1) is 10.7. The number of nitrogens with zero attached hydrogens (tertiary/aromatic N) is 2. The molecule has 3 nitrogen and oxygen atoms in total. The highest BCUT2D eigenvalue weighted by atomic mass is 15.1. The molecule has 0 spiro atoms. The first-order chi connectivity index (χ1) is 7.65. The second kappa shape index (κ2) is 4.39. The van der Waals surface area contributed by atoms with Crippen molar-refractivity contribution in [2.75, 3.05) is 5.73 Å². The fourth-order valence-electron chi connectivity index (χ4n) is 1.81. The average molecular weight is 215 g/mol. The zero-order chi connectivity index (χ0) is 11.5. The van der Waals surface area contributed by atoms with Gasteiger partial charge in [0.1, 0.15) is 0 Å². The molecule has 1 aromatic carbocycles. The van der Waals surface area contributed by atoms with E-state index in [9.17, 15) is 0 Å². The van der Waals surface area contributed by atoms with Crippen LogP contribution in [0.2, 0.25) is 0 Å². The highest BCUT2D eigenvalue weighted by Gasteiger charge is 2.02. The molecule has 2 rings (SSSR count). The number of nitrogen functional groups attached to an aromatic ring is 1. The van der Waals surface area contributed by atoms with Crippen LogP contribution in [0.15, 0.2) is 30.5 Å². The minimum atomic E-state index is 0.583. The third-order valence-electron chi connectivity index (χ3n) is 2.71. The largest absolute Gasteiger partial charge is 0.369 e. The Bertz CT molecular complexity index is 466. The van der Waals surface area contributed by atoms with Gasteiger partial charge < -0.3 is 10.3 Å². The zero-order valence-corrected chi connectivity index (χ0v) is 9.77. The summed E-state index contributed by atoms with van der Waals surface area (Å²) >= 11 is 0. The Labute approximate surface area is 95.9 Å². The lowest BCUT2D eigenvalue weighted by Gasteiger charge is -2.00. The number of aryl methyl sites for hydroxylation is 4. The Morgan fingerprint density at radius 3 is 2.75 bits per heavy atom. The van der Waals surface area contributed by atoms with Gasteiger partial charge in [0.05, 0.1) is 5.69 Å². The number of nitrogens with two attached hydrogens (primary N) is 1. The molecule has 0 bridgehead atoms. The summed E-state index contributed by atoms with van der Waals surface area (Å²) in [6.45, 7) is 2.11. The molecule has 0 saturated carbocycles. The lowest BCUT2D eigenvalue weighted by molar-refractivity contribution is 0.909. The third kappa shape index (κ3) is 2.42. The number of benzene rings is 1. The van der Waals surface area contributed by atoms with Crippen molar-refractivity contribution in [2.24, 2.45) is 7.05 Å². The molecule has 0 saturated heterocycles. The fraction of sp³-hybridized carbons (Fsp3) is 0.308. The molecule has 2 N–H and O–H groups in total. The monoisotopic (exact) mass is 215 g/mol. The Hall–Kier alpha value is -1.77. The summed E-state index contributed by atoms with van der Waals surface area (Å²) in [5, 5.41) is 0. The number of hydrogen-bond acceptors (Lipinski definition) is 2. The second-order valence-corrected chi connectivity index (χ2v) is 4.19. The number of imidazole rings is 1. The van der Waals surface area contributed by atoms with Crippen molar-refractivity contribution >= 4 is 5.95 Å². The highest BCUT2D eigenvalue weighted by Crippen LogP contribution is 2.09. The van der Waals surface area contributed by atoms with E-state index in [1.54, 1.807) is 0 Å². The summed E-state index contributed by atoms with van der Waals surface area (Å²) < 4.78 is 1.85. The maximum absolute atomic E-state index is 5.69. The van der Waals surface area contributed by atoms with Gasteiger partial charge in [-0.1, -0.05) is 29.8 Å². The van der Waals surface area contributed by atoms with Crippen molar-refractivity contribution in [3.05, 3.63) is 47.3 Å². The molecular formula is C13H17N3. The van der Waals surface area contributed by atoms with Gasteiger partial charge in [0, 0.05) is 13.2 Å². The molecule has 1 aromatic heterocycles. The van der Waals surface area contributed by atoms with Crippen LogP contribution in [0.5, 0.6) is 0 Å². The number of hydrogen-bond donors (Lipinski definition) is 1. The summed E-state index contributed by atoms with van der Waals surface area (Å²) in [7, 11) is 1.92. The Balaban J connectivity index is 2.02. The predicted octanol–water partition coefficient (Wildman–Crippen LogP) is 2.10. The van der Waals surface area contributed by atoms with Gasteiger partial charge in [0.15, 0.2) is 5.95 Å². The quantitative estimate of drug-likeness (QED) is 0.852. The van der Waals surface area contributed by atoms with E-state index >= 15 is 0 Å². The molecule has 84 valence electrons. The van der Waals surface area contributed by atoms with Crippen LogP contribution in [-0.2, 0) is 19.9 Å². The van der Waals surface area contributed by atoms with Gasteiger partial charge in [-0.2, -0.15) is 0 Å². The summed E-state index contributed by atoms with van der Waals surface area (Å²) in [6.07, 6.45) is 3.94. The first-order valence-electron chi connectivity index (χ1n) is 5.48. The van der Waals surface area contributed by atoms with E-state index in [1.165, 1.54) is 11.1 Å². The van der Waals surface area contributed by atoms with Crippen molar-refractivity contribution in [2.45, 2.75) is 19.8 Å². The van der Waals surface area contributed by atoms with Crippen LogP contribution < -0.4 is 5.73 Å². The maximum atomic E-state index is 5.69. The number of aromatic nitrogens is 2. The van der Waals surface area contributed by atoms with Crippen LogP contribution >= 0.6 is 0 Å². The molecule has 0 radical (unpaired) electrons. The lowest BCUT2D eigenvalue weighted by atomic mass is 10.1. The summed E-state index contributed by atoms with van der Waals surface area (Å²) in [6, 6.07) is 8.57. The molecule has 0 aliphatic heterocycles. The van der Waals surface area contributed by atoms with Gasteiger partial charge in [-0.05, 0) is 25.3 Å². The van der Waals surface area contributed by atoms with Crippen LogP contribution in [0.25, 0.3) is 0 Å². The minimum Gasteiger partial charge on any atom is -0.369 e. The van der Waals surface area contributed by atoms with E-state index in [1.807, 2.05) is 17.8 Å². The molecule has 1 heterocycles. The standard InChI is InChI=1S/C13H17N3/c1-10-4-3-5-11(8-10)6-7-12-9-16(2)13(14)15-12/h3-5,8-9H,6-7H2,1-2H3,(H2,14,15). The summed E-state index contributed by atoms with van der Waals surface area (Å²) in [5.74, 6) is 0.583. The van der Waals surface area contributed by atoms with E-state index in [-0.39, 0.29) is 0 Å². The van der Waals surface area contributed by atoms with Gasteiger partial charge in [-0.15, -0.1) is 0 Å². The molecule has 0 atom stereocenters. The maximum Gasteiger partial charge on any atom is 0.200 e. The zero-order valence-electron chi connectivity index (χ0n) is 9.77. The van der Waals surface area contributed by atoms with Gasteiger partial charge in [0.25, 0.3) is 0 Å². The molecular weight excluding hydrogens is 198 g/mol. The first-order valence-corrected chi connectivity index (χ1v) is 5.48. The Morgan fingerprint density at radius 2 is 2.12 bits per heavy atom. The molecule has 16 heavy (non-hydrogen) atoms. The Morgan fingerprint density at radius 1 is 1.31 bits per heavy atom. The molecule has 2 aromatic rings. The minimum absolute atomic E-state index is 0.583. The predicted molar refractivity (Wildman–Crippen MR) is 66.2 cm³/mol. The van der Waals surface area contributed by atoms with Crippen LogP contribution in [-0.4, -0.2) is 9.55 Å². The van der Waals surface area contributed by atoms with Crippen molar-refractivity contribution in [1.82, 2.24) is 9.55 Å². The molecule has 3 heteroatoms. The number of rotatable bonds is 3. The van der Waals surface area contributed by atoms with Crippen molar-refractivity contribution in [3.63, 3.8) is 0 Å². The highest BCUT2D eigenvalue weighted by molar-refractivity contribution is 5.25. The smallest absolute Gasteiger partial charge is 0.200 e. The van der Waals surface area contributed by atoms with E-state index in [2.05, 4.69) is 36.2 Å². The SMILES string of the molecule is Cc1cccc(CCc2cn(C)c(N)n2)c1. The lowest BCUT2D eigenvalue weighted by Crippen LogP contribution is -1.95. The Kier molecular flexibility index (Phi) is 2.95. The van der Waals surface area contributed by atoms with E-state index < -0.39 is 0 Å². The topological polar surface area (TPSA) is 43.8 Å².